The summed E-state index contributed by atoms with van der Waals surface area (Å²) in [7, 11) is 3.18. The van der Waals surface area contributed by atoms with Gasteiger partial charge in [-0.1, -0.05) is 34.1 Å². The minimum absolute atomic E-state index is 0.167. The van der Waals surface area contributed by atoms with Gasteiger partial charge in [0.2, 0.25) is 0 Å². The van der Waals surface area contributed by atoms with E-state index in [0.717, 1.165) is 10.0 Å². The molecule has 0 spiro atoms. The third kappa shape index (κ3) is 4.96. The summed E-state index contributed by atoms with van der Waals surface area (Å²) in [4.78, 5) is 25.4. The number of carbonyl (C=O) groups excluding carboxylic acids is 2. The van der Waals surface area contributed by atoms with Crippen LogP contribution in [0.4, 0.5) is 0 Å². The molecule has 0 saturated carbocycles. The maximum Gasteiger partial charge on any atom is 0.260 e. The molecule has 0 fully saturated rings. The molecule has 2 N–H and O–H groups in total. The number of methoxy groups -OCH3 is 1. The Labute approximate surface area is 154 Å². The molecule has 0 bridgehead atoms. The first-order valence-electron chi connectivity index (χ1n) is 7.50. The average molecular weight is 407 g/mol. The lowest BCUT2D eigenvalue weighted by Gasteiger charge is -2.19. The minimum Gasteiger partial charge on any atom is -0.497 e. The van der Waals surface area contributed by atoms with Crippen molar-refractivity contribution in [3.63, 3.8) is 0 Å². The van der Waals surface area contributed by atoms with Crippen LogP contribution in [0.15, 0.2) is 46.9 Å². The van der Waals surface area contributed by atoms with E-state index in [1.807, 2.05) is 24.3 Å². The molecule has 2 aromatic rings. The summed E-state index contributed by atoms with van der Waals surface area (Å²) in [5.74, 6) is -0.139. The molecule has 0 unspecified atom stereocenters. The first kappa shape index (κ1) is 18.8. The summed E-state index contributed by atoms with van der Waals surface area (Å²) in [5.41, 5.74) is 6.50. The largest absolute Gasteiger partial charge is 0.497 e. The molecule has 2 amide bonds. The maximum atomic E-state index is 12.3. The van der Waals surface area contributed by atoms with E-state index in [1.54, 1.807) is 24.1 Å². The number of nitrogens with zero attached hydrogens (tertiary/aromatic N) is 1. The van der Waals surface area contributed by atoms with Crippen LogP contribution < -0.4 is 15.2 Å². The summed E-state index contributed by atoms with van der Waals surface area (Å²) in [5, 5.41) is 0. The van der Waals surface area contributed by atoms with Crippen LogP contribution in [0, 0.1) is 0 Å². The summed E-state index contributed by atoms with van der Waals surface area (Å²) in [6, 6.07) is 12.3. The van der Waals surface area contributed by atoms with Gasteiger partial charge in [0.1, 0.15) is 11.5 Å². The number of amides is 2. The van der Waals surface area contributed by atoms with Crippen LogP contribution in [0.25, 0.3) is 0 Å². The summed E-state index contributed by atoms with van der Waals surface area (Å²) in [6.45, 7) is 0.239. The van der Waals surface area contributed by atoms with Crippen molar-refractivity contribution < 1.29 is 19.1 Å². The third-order valence-electron chi connectivity index (χ3n) is 3.59. The highest BCUT2D eigenvalue weighted by molar-refractivity contribution is 9.10. The molecule has 25 heavy (non-hydrogen) atoms. The fourth-order valence-corrected chi connectivity index (χ4v) is 2.58. The predicted octanol–water partition coefficient (Wildman–Crippen LogP) is 2.59. The van der Waals surface area contributed by atoms with Crippen molar-refractivity contribution in [2.24, 2.45) is 5.73 Å². The Morgan fingerprint density at radius 1 is 1.20 bits per heavy atom. The number of hydrogen-bond donors (Lipinski definition) is 1. The van der Waals surface area contributed by atoms with Crippen molar-refractivity contribution in [1.82, 2.24) is 4.90 Å². The van der Waals surface area contributed by atoms with Crippen LogP contribution >= 0.6 is 15.9 Å². The quantitative estimate of drug-likeness (QED) is 0.765. The Hall–Kier alpha value is -2.54. The van der Waals surface area contributed by atoms with Gasteiger partial charge in [-0.3, -0.25) is 9.59 Å². The molecule has 0 atom stereocenters. The van der Waals surface area contributed by atoms with E-state index in [2.05, 4.69) is 15.9 Å². The molecule has 0 saturated heterocycles. The van der Waals surface area contributed by atoms with Gasteiger partial charge in [-0.2, -0.15) is 0 Å². The smallest absolute Gasteiger partial charge is 0.260 e. The number of nitrogens with two attached hydrogens (primary N) is 1. The van der Waals surface area contributed by atoms with Crippen LogP contribution in [0.2, 0.25) is 0 Å². The normalized spacial score (nSPS) is 10.2. The summed E-state index contributed by atoms with van der Waals surface area (Å²) < 4.78 is 11.5. The number of likely N-dealkylation sites (N-methyl/N-ethyl adjacent to an activating group) is 1. The van der Waals surface area contributed by atoms with Gasteiger partial charge in [-0.15, -0.1) is 0 Å². The second kappa shape index (κ2) is 8.53. The number of carbonyl (C=O) groups is 2. The van der Waals surface area contributed by atoms with Crippen LogP contribution in [0.5, 0.6) is 11.5 Å². The number of rotatable bonds is 7. The highest BCUT2D eigenvalue weighted by Crippen LogP contribution is 2.24. The Morgan fingerprint density at radius 2 is 1.92 bits per heavy atom. The molecule has 0 aliphatic carbocycles. The molecule has 0 radical (unpaired) electrons. The monoisotopic (exact) mass is 406 g/mol. The second-order valence-electron chi connectivity index (χ2n) is 5.36. The van der Waals surface area contributed by atoms with Gasteiger partial charge in [-0.25, -0.2) is 0 Å². The fraction of sp³-hybridized carbons (Fsp3) is 0.222. The first-order chi connectivity index (χ1) is 11.9. The van der Waals surface area contributed by atoms with E-state index in [0.29, 0.717) is 12.3 Å². The number of primary amides is 1. The highest BCUT2D eigenvalue weighted by Gasteiger charge is 2.15. The number of halogens is 1. The molecule has 0 heterocycles. The van der Waals surface area contributed by atoms with Gasteiger partial charge in [0.05, 0.1) is 12.7 Å². The van der Waals surface area contributed by atoms with Crippen molar-refractivity contribution in [1.29, 1.82) is 0 Å². The van der Waals surface area contributed by atoms with Crippen molar-refractivity contribution in [3.05, 3.63) is 58.1 Å². The van der Waals surface area contributed by atoms with Crippen LogP contribution in [0.3, 0.4) is 0 Å². The molecule has 0 aliphatic rings. The van der Waals surface area contributed by atoms with E-state index in [1.165, 1.54) is 13.2 Å². The Bertz CT molecular complexity index is 779. The zero-order valence-corrected chi connectivity index (χ0v) is 15.6. The molecule has 132 valence electrons. The van der Waals surface area contributed by atoms with Crippen molar-refractivity contribution in [2.45, 2.75) is 6.54 Å². The molecule has 2 aromatic carbocycles. The highest BCUT2D eigenvalue weighted by atomic mass is 79.9. The zero-order valence-electron chi connectivity index (χ0n) is 14.0. The number of benzene rings is 2. The van der Waals surface area contributed by atoms with Crippen molar-refractivity contribution in [3.8, 4) is 11.5 Å². The van der Waals surface area contributed by atoms with Crippen molar-refractivity contribution >= 4 is 27.7 Å². The van der Waals surface area contributed by atoms with E-state index < -0.39 is 5.91 Å². The minimum atomic E-state index is -0.650. The fourth-order valence-electron chi connectivity index (χ4n) is 2.17. The molecule has 6 nitrogen and oxygen atoms in total. The van der Waals surface area contributed by atoms with Crippen LogP contribution in [-0.4, -0.2) is 37.5 Å². The third-order valence-corrected chi connectivity index (χ3v) is 4.37. The van der Waals surface area contributed by atoms with Gasteiger partial charge in [0.15, 0.2) is 6.61 Å². The van der Waals surface area contributed by atoms with Gasteiger partial charge >= 0.3 is 0 Å². The number of ether oxygens (including phenoxy) is 2. The molecular weight excluding hydrogens is 388 g/mol. The Balaban J connectivity index is 2.02. The maximum absolute atomic E-state index is 12.3. The van der Waals surface area contributed by atoms with E-state index >= 15 is 0 Å². The molecule has 7 heteroatoms. The molecule has 0 aromatic heterocycles. The van der Waals surface area contributed by atoms with Crippen LogP contribution in [0.1, 0.15) is 15.9 Å². The number of hydrogen-bond acceptors (Lipinski definition) is 4. The second-order valence-corrected chi connectivity index (χ2v) is 6.21. The Morgan fingerprint density at radius 3 is 2.56 bits per heavy atom. The predicted molar refractivity (Wildman–Crippen MR) is 97.6 cm³/mol. The van der Waals surface area contributed by atoms with Gasteiger partial charge in [0.25, 0.3) is 11.8 Å². The average Bonchev–Trinajstić information content (AvgIpc) is 2.61. The molecule has 2 rings (SSSR count). The lowest BCUT2D eigenvalue weighted by atomic mass is 10.2. The standard InChI is InChI=1S/C18H19BrN2O4/c1-21(10-12-5-3-4-6-15(12)19)17(22)11-25-16-8-7-13(24-2)9-14(16)18(20)23/h3-9H,10-11H2,1-2H3,(H2,20,23). The van der Waals surface area contributed by atoms with E-state index in [4.69, 9.17) is 15.2 Å². The summed E-state index contributed by atoms with van der Waals surface area (Å²) in [6.07, 6.45) is 0. The van der Waals surface area contributed by atoms with E-state index in [-0.39, 0.29) is 23.8 Å². The lowest BCUT2D eigenvalue weighted by Crippen LogP contribution is -2.31. The van der Waals surface area contributed by atoms with Gasteiger partial charge < -0.3 is 20.1 Å². The lowest BCUT2D eigenvalue weighted by molar-refractivity contribution is -0.132. The molecule has 0 aliphatic heterocycles. The zero-order chi connectivity index (χ0) is 18.4. The van der Waals surface area contributed by atoms with Crippen LogP contribution in [-0.2, 0) is 11.3 Å². The summed E-state index contributed by atoms with van der Waals surface area (Å²) >= 11 is 3.46. The topological polar surface area (TPSA) is 81.9 Å². The van der Waals surface area contributed by atoms with Gasteiger partial charge in [0, 0.05) is 18.1 Å². The first-order valence-corrected chi connectivity index (χ1v) is 8.29. The molecular formula is C18H19BrN2O4. The SMILES string of the molecule is COc1ccc(OCC(=O)N(C)Cc2ccccc2Br)c(C(N)=O)c1. The Kier molecular flexibility index (Phi) is 6.41. The van der Waals surface area contributed by atoms with Crippen molar-refractivity contribution in [2.75, 3.05) is 20.8 Å². The van der Waals surface area contributed by atoms with E-state index in [9.17, 15) is 9.59 Å². The van der Waals surface area contributed by atoms with Gasteiger partial charge in [-0.05, 0) is 29.8 Å².